The van der Waals surface area contributed by atoms with Crippen molar-refractivity contribution < 1.29 is 18.0 Å². The summed E-state index contributed by atoms with van der Waals surface area (Å²) in [6, 6.07) is 17.6. The number of amides is 2. The molecule has 1 heterocycles. The molecule has 0 saturated carbocycles. The van der Waals surface area contributed by atoms with Gasteiger partial charge in [-0.25, -0.2) is 8.42 Å². The number of benzene rings is 2. The maximum Gasteiger partial charge on any atom is 0.246 e. The smallest absolute Gasteiger partial charge is 0.246 e. The van der Waals surface area contributed by atoms with Crippen LogP contribution in [0, 0.1) is 6.92 Å². The highest BCUT2D eigenvalue weighted by molar-refractivity contribution is 7.89. The average molecular weight is 526 g/mol. The van der Waals surface area contributed by atoms with E-state index >= 15 is 0 Å². The van der Waals surface area contributed by atoms with Crippen LogP contribution >= 0.6 is 0 Å². The van der Waals surface area contributed by atoms with Gasteiger partial charge in [0, 0.05) is 38.3 Å². The van der Waals surface area contributed by atoms with Crippen molar-refractivity contribution in [2.24, 2.45) is 0 Å². The predicted octanol–water partition coefficient (Wildman–Crippen LogP) is 4.09. The van der Waals surface area contributed by atoms with Gasteiger partial charge in [0.15, 0.2) is 0 Å². The van der Waals surface area contributed by atoms with Gasteiger partial charge in [-0.15, -0.1) is 0 Å². The van der Waals surface area contributed by atoms with Crippen LogP contribution in [0.25, 0.3) is 6.08 Å². The Morgan fingerprint density at radius 3 is 2.27 bits per heavy atom. The number of rotatable bonds is 11. The fourth-order valence-electron chi connectivity index (χ4n) is 4.62. The maximum atomic E-state index is 13.6. The van der Waals surface area contributed by atoms with Gasteiger partial charge < -0.3 is 9.80 Å². The van der Waals surface area contributed by atoms with E-state index in [1.165, 1.54) is 4.31 Å². The van der Waals surface area contributed by atoms with Crippen LogP contribution in [-0.4, -0.2) is 72.3 Å². The van der Waals surface area contributed by atoms with Crippen molar-refractivity contribution in [1.29, 1.82) is 0 Å². The molecule has 0 radical (unpaired) electrons. The van der Waals surface area contributed by atoms with Crippen molar-refractivity contribution in [3.8, 4) is 0 Å². The Labute approximate surface area is 221 Å². The number of likely N-dealkylation sites (tertiary alicyclic amines) is 1. The van der Waals surface area contributed by atoms with Crippen LogP contribution in [0.4, 0.5) is 0 Å². The summed E-state index contributed by atoms with van der Waals surface area (Å²) in [7, 11) is -3.49. The zero-order chi connectivity index (χ0) is 26.8. The Balaban J connectivity index is 1.73. The van der Waals surface area contributed by atoms with Crippen LogP contribution in [0.5, 0.6) is 0 Å². The quantitative estimate of drug-likeness (QED) is 0.414. The summed E-state index contributed by atoms with van der Waals surface area (Å²) in [6.45, 7) is 7.21. The minimum Gasteiger partial charge on any atom is -0.339 e. The molecule has 0 N–H and O–H groups in total. The summed E-state index contributed by atoms with van der Waals surface area (Å²) in [4.78, 5) is 30.0. The maximum absolute atomic E-state index is 13.6. The van der Waals surface area contributed by atoms with Gasteiger partial charge in [-0.3, -0.25) is 9.59 Å². The first-order chi connectivity index (χ1) is 17.7. The van der Waals surface area contributed by atoms with Crippen LogP contribution < -0.4 is 0 Å². The lowest BCUT2D eigenvalue weighted by Gasteiger charge is -2.39. The lowest BCUT2D eigenvalue weighted by Crippen LogP contribution is -2.51. The summed E-state index contributed by atoms with van der Waals surface area (Å²) >= 11 is 0. The second kappa shape index (κ2) is 13.5. The van der Waals surface area contributed by atoms with E-state index in [1.54, 1.807) is 13.0 Å². The average Bonchev–Trinajstić information content (AvgIpc) is 2.91. The number of piperidine rings is 1. The molecule has 1 aliphatic heterocycles. The largest absolute Gasteiger partial charge is 0.339 e. The van der Waals surface area contributed by atoms with Crippen LogP contribution in [0.2, 0.25) is 0 Å². The molecule has 2 amide bonds. The van der Waals surface area contributed by atoms with Gasteiger partial charge >= 0.3 is 0 Å². The van der Waals surface area contributed by atoms with Crippen molar-refractivity contribution in [2.45, 2.75) is 52.6 Å². The van der Waals surface area contributed by atoms with Gasteiger partial charge in [0.1, 0.15) is 0 Å². The first-order valence-electron chi connectivity index (χ1n) is 13.1. The van der Waals surface area contributed by atoms with Gasteiger partial charge in [0.2, 0.25) is 21.8 Å². The molecule has 0 aliphatic carbocycles. The molecule has 0 aromatic heterocycles. The monoisotopic (exact) mass is 525 g/mol. The molecule has 0 atom stereocenters. The van der Waals surface area contributed by atoms with Gasteiger partial charge in [-0.1, -0.05) is 61.5 Å². The lowest BCUT2D eigenvalue weighted by molar-refractivity contribution is -0.136. The molecule has 2 aromatic carbocycles. The second-order valence-electron chi connectivity index (χ2n) is 9.48. The van der Waals surface area contributed by atoms with Crippen molar-refractivity contribution in [3.63, 3.8) is 0 Å². The highest BCUT2D eigenvalue weighted by Gasteiger charge is 2.32. The number of aryl methyl sites for hydroxylation is 1. The molecule has 0 spiro atoms. The Bertz CT molecular complexity index is 1170. The molecule has 1 saturated heterocycles. The molecule has 200 valence electrons. The fourth-order valence-corrected chi connectivity index (χ4v) is 5.75. The van der Waals surface area contributed by atoms with Crippen LogP contribution in [0.15, 0.2) is 60.7 Å². The number of carbonyl (C=O) groups is 2. The summed E-state index contributed by atoms with van der Waals surface area (Å²) in [6.07, 6.45) is 5.36. The molecular formula is C29H39N3O4S. The third-order valence-electron chi connectivity index (χ3n) is 6.90. The summed E-state index contributed by atoms with van der Waals surface area (Å²) < 4.78 is 26.6. The van der Waals surface area contributed by atoms with Gasteiger partial charge in [0.25, 0.3) is 0 Å². The zero-order valence-electron chi connectivity index (χ0n) is 22.2. The minimum absolute atomic E-state index is 0.0327. The van der Waals surface area contributed by atoms with Gasteiger partial charge in [-0.2, -0.15) is 4.31 Å². The lowest BCUT2D eigenvalue weighted by atomic mass is 10.0. The molecule has 7 nitrogen and oxygen atoms in total. The SMILES string of the molecule is CCCN(CC(=O)N(Cc1ccccc1C)C1CCN(C(=O)C=Cc2ccccc2)CC1)S(=O)(=O)CC. The molecule has 8 heteroatoms. The molecular weight excluding hydrogens is 486 g/mol. The van der Waals surface area contributed by atoms with Crippen molar-refractivity contribution in [2.75, 3.05) is 31.9 Å². The van der Waals surface area contributed by atoms with Crippen LogP contribution in [0.1, 0.15) is 49.8 Å². The van der Waals surface area contributed by atoms with Crippen LogP contribution in [-0.2, 0) is 26.2 Å². The summed E-state index contributed by atoms with van der Waals surface area (Å²) in [5.41, 5.74) is 3.10. The van der Waals surface area contributed by atoms with Crippen molar-refractivity contribution >= 4 is 27.9 Å². The first kappa shape index (κ1) is 28.6. The molecule has 1 fully saturated rings. The predicted molar refractivity (Wildman–Crippen MR) is 148 cm³/mol. The van der Waals surface area contributed by atoms with E-state index in [0.717, 1.165) is 16.7 Å². The number of carbonyl (C=O) groups excluding carboxylic acids is 2. The van der Waals surface area contributed by atoms with E-state index in [9.17, 15) is 18.0 Å². The normalized spacial score (nSPS) is 14.9. The highest BCUT2D eigenvalue weighted by atomic mass is 32.2. The molecule has 0 bridgehead atoms. The van der Waals surface area contributed by atoms with Gasteiger partial charge in [-0.05, 0) is 55.9 Å². The van der Waals surface area contributed by atoms with Gasteiger partial charge in [0.05, 0.1) is 12.3 Å². The van der Waals surface area contributed by atoms with Crippen molar-refractivity contribution in [1.82, 2.24) is 14.1 Å². The zero-order valence-corrected chi connectivity index (χ0v) is 23.0. The molecule has 3 rings (SSSR count). The molecule has 1 aliphatic rings. The van der Waals surface area contributed by atoms with E-state index in [4.69, 9.17) is 0 Å². The number of sulfonamides is 1. The fraction of sp³-hybridized carbons (Fsp3) is 0.448. The number of nitrogens with zero attached hydrogens (tertiary/aromatic N) is 3. The van der Waals surface area contributed by atoms with Crippen molar-refractivity contribution in [3.05, 3.63) is 77.4 Å². The Morgan fingerprint density at radius 1 is 1.00 bits per heavy atom. The summed E-state index contributed by atoms with van der Waals surface area (Å²) in [5.74, 6) is -0.264. The molecule has 0 unspecified atom stereocenters. The Morgan fingerprint density at radius 2 is 1.65 bits per heavy atom. The number of hydrogen-bond donors (Lipinski definition) is 0. The van der Waals surface area contributed by atoms with E-state index < -0.39 is 10.0 Å². The highest BCUT2D eigenvalue weighted by Crippen LogP contribution is 2.22. The van der Waals surface area contributed by atoms with E-state index in [-0.39, 0.29) is 30.2 Å². The topological polar surface area (TPSA) is 78.0 Å². The molecule has 2 aromatic rings. The standard InChI is InChI=1S/C29H39N3O4S/c1-4-19-31(37(35,36)5-2)23-29(34)32(22-26-14-10-9-11-24(26)3)27-17-20-30(21-18-27)28(33)16-15-25-12-7-6-8-13-25/h6-16,27H,4-5,17-23H2,1-3H3. The Kier molecular flexibility index (Phi) is 10.5. The third-order valence-corrected chi connectivity index (χ3v) is 8.73. The van der Waals surface area contributed by atoms with E-state index in [0.29, 0.717) is 45.4 Å². The first-order valence-corrected chi connectivity index (χ1v) is 14.7. The van der Waals surface area contributed by atoms with Crippen LogP contribution in [0.3, 0.4) is 0 Å². The minimum atomic E-state index is -3.49. The van der Waals surface area contributed by atoms with E-state index in [1.807, 2.05) is 84.3 Å². The second-order valence-corrected chi connectivity index (χ2v) is 11.7. The third kappa shape index (κ3) is 8.01. The number of hydrogen-bond acceptors (Lipinski definition) is 4. The van der Waals surface area contributed by atoms with E-state index in [2.05, 4.69) is 0 Å². The summed E-state index contributed by atoms with van der Waals surface area (Å²) in [5, 5.41) is 0. The Hall–Kier alpha value is -2.97. The molecule has 37 heavy (non-hydrogen) atoms.